The fraction of sp³-hybridized carbons (Fsp3) is 0.231. The smallest absolute Gasteiger partial charge is 0.229 e. The lowest BCUT2D eigenvalue weighted by Gasteiger charge is -2.14. The van der Waals surface area contributed by atoms with E-state index < -0.39 is 0 Å². The second-order valence-corrected chi connectivity index (χ2v) is 8.62. The average molecular weight is 490 g/mol. The number of aromatic amines is 1. The summed E-state index contributed by atoms with van der Waals surface area (Å²) in [5.74, 6) is 0.586. The number of aryl methyl sites for hydroxylation is 3. The van der Waals surface area contributed by atoms with E-state index in [-0.39, 0.29) is 5.82 Å². The molecule has 4 aromatic rings. The Morgan fingerprint density at radius 1 is 1.03 bits per heavy atom. The molecule has 2 aromatic carbocycles. The lowest BCUT2D eigenvalue weighted by atomic mass is 10.1. The van der Waals surface area contributed by atoms with Crippen molar-refractivity contribution in [2.24, 2.45) is 4.99 Å². The van der Waals surface area contributed by atoms with Gasteiger partial charge in [-0.1, -0.05) is 19.1 Å². The Labute approximate surface area is 209 Å². The molecule has 180 valence electrons. The number of anilines is 2. The van der Waals surface area contributed by atoms with Gasteiger partial charge >= 0.3 is 0 Å². The average Bonchev–Trinajstić information content (AvgIpc) is 3.20. The molecule has 0 spiro atoms. The van der Waals surface area contributed by atoms with E-state index in [9.17, 15) is 4.39 Å². The Hall–Kier alpha value is -3.85. The summed E-state index contributed by atoms with van der Waals surface area (Å²) in [6.07, 6.45) is 3.48. The summed E-state index contributed by atoms with van der Waals surface area (Å²) in [7, 11) is 0. The summed E-state index contributed by atoms with van der Waals surface area (Å²) >= 11 is 5.52. The molecule has 0 radical (unpaired) electrons. The molecule has 0 bridgehead atoms. The number of nitrogens with one attached hydrogen (secondary N) is 4. The predicted molar refractivity (Wildman–Crippen MR) is 145 cm³/mol. The number of aliphatic imine (C=N–C) groups is 1. The Morgan fingerprint density at radius 3 is 2.49 bits per heavy atom. The fourth-order valence-electron chi connectivity index (χ4n) is 3.74. The highest BCUT2D eigenvalue weighted by molar-refractivity contribution is 7.80. The maximum absolute atomic E-state index is 13.7. The fourth-order valence-corrected chi connectivity index (χ4v) is 3.95. The van der Waals surface area contributed by atoms with Crippen LogP contribution >= 0.6 is 12.2 Å². The second kappa shape index (κ2) is 11.1. The minimum Gasteiger partial charge on any atom is -0.361 e. The van der Waals surface area contributed by atoms with Gasteiger partial charge in [0.05, 0.1) is 0 Å². The number of hydrogen-bond acceptors (Lipinski definition) is 4. The molecular formula is C26H28FN7S. The first-order chi connectivity index (χ1) is 16.9. The van der Waals surface area contributed by atoms with Crippen LogP contribution in [0.3, 0.4) is 0 Å². The molecule has 0 amide bonds. The molecule has 0 aliphatic carbocycles. The van der Waals surface area contributed by atoms with E-state index in [2.05, 4.69) is 55.0 Å². The summed E-state index contributed by atoms with van der Waals surface area (Å²) in [5.41, 5.74) is 5.70. The number of halogens is 1. The molecule has 0 aliphatic heterocycles. The lowest BCUT2D eigenvalue weighted by molar-refractivity contribution is 0.629. The second-order valence-electron chi connectivity index (χ2n) is 8.21. The van der Waals surface area contributed by atoms with Gasteiger partial charge in [-0.2, -0.15) is 0 Å². The Balaban J connectivity index is 1.49. The molecule has 2 aromatic heterocycles. The normalized spacial score (nSPS) is 11.5. The topological polar surface area (TPSA) is 90.0 Å². The van der Waals surface area contributed by atoms with E-state index in [1.807, 2.05) is 38.2 Å². The van der Waals surface area contributed by atoms with E-state index in [1.165, 1.54) is 17.7 Å². The third-order valence-electron chi connectivity index (χ3n) is 5.45. The lowest BCUT2D eigenvalue weighted by Crippen LogP contribution is -2.39. The van der Waals surface area contributed by atoms with E-state index in [0.717, 1.165) is 40.0 Å². The molecule has 0 unspecified atom stereocenters. The van der Waals surface area contributed by atoms with Crippen LogP contribution < -0.4 is 16.0 Å². The molecule has 7 nitrogen and oxygen atoms in total. The standard InChI is InChI=1S/C26H28FN7S/c1-4-18-5-8-21(9-6-18)32-26(35)34-24(33-25-30-16(2)13-17(3)31-25)28-12-11-19-15-29-23-10-7-20(27)14-22(19)23/h5-10,13-15,29H,4,11-12H2,1-3H3,(H3,28,30,31,32,33,34,35). The quantitative estimate of drug-likeness (QED) is 0.168. The molecule has 0 atom stereocenters. The van der Waals surface area contributed by atoms with Crippen LogP contribution in [0.2, 0.25) is 0 Å². The number of nitrogens with zero attached hydrogens (tertiary/aromatic N) is 3. The highest BCUT2D eigenvalue weighted by atomic mass is 32.1. The van der Waals surface area contributed by atoms with Gasteiger partial charge < -0.3 is 15.6 Å². The number of hydrogen-bond donors (Lipinski definition) is 4. The SMILES string of the molecule is CCc1ccc(NC(=S)NC(=NCCc2c[nH]c3ccc(F)cc23)Nc2nc(C)cc(C)n2)cc1. The van der Waals surface area contributed by atoms with Gasteiger partial charge in [-0.3, -0.25) is 10.3 Å². The van der Waals surface area contributed by atoms with Crippen molar-refractivity contribution in [1.82, 2.24) is 20.3 Å². The Morgan fingerprint density at radius 2 is 1.77 bits per heavy atom. The molecule has 0 aliphatic rings. The molecular weight excluding hydrogens is 461 g/mol. The van der Waals surface area contributed by atoms with Crippen LogP contribution in [0.1, 0.15) is 29.4 Å². The van der Waals surface area contributed by atoms with Gasteiger partial charge in [-0.25, -0.2) is 14.4 Å². The predicted octanol–water partition coefficient (Wildman–Crippen LogP) is 5.27. The minimum atomic E-state index is -0.263. The first-order valence-corrected chi connectivity index (χ1v) is 11.9. The van der Waals surface area contributed by atoms with Crippen molar-refractivity contribution in [1.29, 1.82) is 0 Å². The first-order valence-electron chi connectivity index (χ1n) is 11.5. The van der Waals surface area contributed by atoms with Crippen molar-refractivity contribution in [3.8, 4) is 0 Å². The zero-order valence-electron chi connectivity index (χ0n) is 19.9. The molecule has 4 rings (SSSR count). The van der Waals surface area contributed by atoms with Crippen LogP contribution in [-0.4, -0.2) is 32.6 Å². The number of thiocarbonyl (C=S) groups is 1. The van der Waals surface area contributed by atoms with Gasteiger partial charge in [0, 0.05) is 40.7 Å². The molecule has 0 saturated heterocycles. The van der Waals surface area contributed by atoms with Gasteiger partial charge in [0.15, 0.2) is 5.11 Å². The van der Waals surface area contributed by atoms with E-state index >= 15 is 0 Å². The molecule has 0 fully saturated rings. The van der Waals surface area contributed by atoms with Crippen molar-refractivity contribution in [3.63, 3.8) is 0 Å². The third-order valence-corrected chi connectivity index (χ3v) is 5.65. The van der Waals surface area contributed by atoms with Crippen LogP contribution in [0.4, 0.5) is 16.0 Å². The number of aromatic nitrogens is 3. The molecule has 4 N–H and O–H groups in total. The third kappa shape index (κ3) is 6.60. The van der Waals surface area contributed by atoms with E-state index in [4.69, 9.17) is 12.2 Å². The Bertz CT molecular complexity index is 1340. The number of guanidine groups is 1. The summed E-state index contributed by atoms with van der Waals surface area (Å²) in [4.78, 5) is 16.7. The number of benzene rings is 2. The van der Waals surface area contributed by atoms with Crippen LogP contribution in [0.15, 0.2) is 59.7 Å². The maximum Gasteiger partial charge on any atom is 0.229 e. The van der Waals surface area contributed by atoms with Crippen LogP contribution in [0.5, 0.6) is 0 Å². The maximum atomic E-state index is 13.7. The van der Waals surface area contributed by atoms with Gasteiger partial charge in [0.1, 0.15) is 5.82 Å². The molecule has 2 heterocycles. The van der Waals surface area contributed by atoms with Crippen molar-refractivity contribution in [3.05, 3.63) is 83.1 Å². The van der Waals surface area contributed by atoms with Gasteiger partial charge in [-0.05, 0) is 86.4 Å². The highest BCUT2D eigenvalue weighted by Crippen LogP contribution is 2.20. The zero-order chi connectivity index (χ0) is 24.8. The molecule has 0 saturated carbocycles. The summed E-state index contributed by atoms with van der Waals surface area (Å²) in [6, 6.07) is 14.7. The first kappa shape index (κ1) is 24.3. The summed E-state index contributed by atoms with van der Waals surface area (Å²) in [5, 5.41) is 10.7. The van der Waals surface area contributed by atoms with E-state index in [0.29, 0.717) is 30.0 Å². The van der Waals surface area contributed by atoms with Crippen LogP contribution in [-0.2, 0) is 12.8 Å². The van der Waals surface area contributed by atoms with Crippen LogP contribution in [0.25, 0.3) is 10.9 Å². The summed E-state index contributed by atoms with van der Waals surface area (Å²) in [6.45, 7) is 6.38. The Kier molecular flexibility index (Phi) is 7.67. The molecule has 35 heavy (non-hydrogen) atoms. The van der Waals surface area contributed by atoms with Crippen LogP contribution in [0, 0.1) is 19.7 Å². The van der Waals surface area contributed by atoms with Gasteiger partial charge in [-0.15, -0.1) is 0 Å². The van der Waals surface area contributed by atoms with Gasteiger partial charge in [0.25, 0.3) is 0 Å². The largest absolute Gasteiger partial charge is 0.361 e. The summed E-state index contributed by atoms with van der Waals surface area (Å²) < 4.78 is 13.7. The van der Waals surface area contributed by atoms with Crippen molar-refractivity contribution < 1.29 is 4.39 Å². The van der Waals surface area contributed by atoms with E-state index in [1.54, 1.807) is 6.07 Å². The number of rotatable bonds is 6. The monoisotopic (exact) mass is 489 g/mol. The van der Waals surface area contributed by atoms with Crippen molar-refractivity contribution in [2.45, 2.75) is 33.6 Å². The minimum absolute atomic E-state index is 0.263. The molecule has 9 heteroatoms. The van der Waals surface area contributed by atoms with Crippen molar-refractivity contribution in [2.75, 3.05) is 17.2 Å². The zero-order valence-corrected chi connectivity index (χ0v) is 20.8. The number of fused-ring (bicyclic) bond motifs is 1. The highest BCUT2D eigenvalue weighted by Gasteiger charge is 2.09. The number of H-pyrrole nitrogens is 1. The van der Waals surface area contributed by atoms with Crippen molar-refractivity contribution >= 4 is 45.8 Å². The van der Waals surface area contributed by atoms with Gasteiger partial charge in [0.2, 0.25) is 11.9 Å².